The molecule has 0 N–H and O–H groups in total. The lowest BCUT2D eigenvalue weighted by molar-refractivity contribution is 1.34. The zero-order chi connectivity index (χ0) is 11.5. The van der Waals surface area contributed by atoms with Crippen LogP contribution in [0, 0.1) is 6.92 Å². The molecule has 0 atom stereocenters. The first-order valence-corrected chi connectivity index (χ1v) is 6.83. The van der Waals surface area contributed by atoms with Crippen LogP contribution >= 0.6 is 39.3 Å². The van der Waals surface area contributed by atoms with E-state index in [0.717, 1.165) is 15.1 Å². The van der Waals surface area contributed by atoms with Gasteiger partial charge in [0.2, 0.25) is 0 Å². The van der Waals surface area contributed by atoms with Gasteiger partial charge < -0.3 is 0 Å². The molecule has 0 aliphatic carbocycles. The SMILES string of the molecule is Cc1cc(Sc2ccc(Br)cc2)ccc1Cl. The molecule has 2 aromatic carbocycles. The quantitative estimate of drug-likeness (QED) is 0.699. The highest BCUT2D eigenvalue weighted by Gasteiger charge is 2.00. The van der Waals surface area contributed by atoms with Crippen molar-refractivity contribution in [1.29, 1.82) is 0 Å². The fraction of sp³-hybridized carbons (Fsp3) is 0.0769. The van der Waals surface area contributed by atoms with E-state index in [-0.39, 0.29) is 0 Å². The Kier molecular flexibility index (Phi) is 3.95. The molecule has 0 fully saturated rings. The van der Waals surface area contributed by atoms with Gasteiger partial charge >= 0.3 is 0 Å². The maximum atomic E-state index is 5.99. The molecule has 0 radical (unpaired) electrons. The van der Waals surface area contributed by atoms with E-state index in [9.17, 15) is 0 Å². The minimum Gasteiger partial charge on any atom is -0.0901 e. The summed E-state index contributed by atoms with van der Waals surface area (Å²) in [5.41, 5.74) is 1.11. The molecule has 0 saturated carbocycles. The van der Waals surface area contributed by atoms with Crippen LogP contribution in [0.1, 0.15) is 5.56 Å². The molecular weight excluding hydrogens is 304 g/mol. The second-order valence-corrected chi connectivity index (χ2v) is 5.94. The van der Waals surface area contributed by atoms with Crippen molar-refractivity contribution in [3.63, 3.8) is 0 Å². The third kappa shape index (κ3) is 3.03. The first kappa shape index (κ1) is 12.0. The maximum Gasteiger partial charge on any atom is 0.0435 e. The van der Waals surface area contributed by atoms with Gasteiger partial charge in [-0.25, -0.2) is 0 Å². The summed E-state index contributed by atoms with van der Waals surface area (Å²) in [5, 5.41) is 0.820. The molecule has 3 heteroatoms. The van der Waals surface area contributed by atoms with Gasteiger partial charge in [0.25, 0.3) is 0 Å². The minimum absolute atomic E-state index is 0.820. The van der Waals surface area contributed by atoms with E-state index >= 15 is 0 Å². The zero-order valence-corrected chi connectivity index (χ0v) is 11.9. The van der Waals surface area contributed by atoms with Crippen LogP contribution in [-0.4, -0.2) is 0 Å². The molecule has 0 aliphatic heterocycles. The van der Waals surface area contributed by atoms with Gasteiger partial charge in [-0.15, -0.1) is 0 Å². The van der Waals surface area contributed by atoms with Gasteiger partial charge in [-0.2, -0.15) is 0 Å². The number of hydrogen-bond donors (Lipinski definition) is 0. The molecule has 0 spiro atoms. The number of aryl methyl sites for hydroxylation is 1. The van der Waals surface area contributed by atoms with Crippen LogP contribution in [0.5, 0.6) is 0 Å². The van der Waals surface area contributed by atoms with E-state index < -0.39 is 0 Å². The lowest BCUT2D eigenvalue weighted by atomic mass is 10.2. The molecule has 0 amide bonds. The van der Waals surface area contributed by atoms with Gasteiger partial charge in [-0.1, -0.05) is 39.3 Å². The van der Waals surface area contributed by atoms with Crippen LogP contribution in [0.3, 0.4) is 0 Å². The molecule has 16 heavy (non-hydrogen) atoms. The Morgan fingerprint density at radius 3 is 2.25 bits per heavy atom. The van der Waals surface area contributed by atoms with Crippen molar-refractivity contribution in [3.05, 3.63) is 57.5 Å². The molecule has 0 bridgehead atoms. The first-order valence-electron chi connectivity index (χ1n) is 4.85. The Balaban J connectivity index is 2.20. The molecule has 0 heterocycles. The molecule has 2 rings (SSSR count). The molecule has 0 aliphatic rings. The largest absolute Gasteiger partial charge is 0.0901 e. The molecule has 0 nitrogen and oxygen atoms in total. The van der Waals surface area contributed by atoms with Gasteiger partial charge in [0.05, 0.1) is 0 Å². The van der Waals surface area contributed by atoms with Crippen LogP contribution in [0.2, 0.25) is 5.02 Å². The van der Waals surface area contributed by atoms with E-state index in [0.29, 0.717) is 0 Å². The van der Waals surface area contributed by atoms with Crippen LogP contribution in [0.4, 0.5) is 0 Å². The second kappa shape index (κ2) is 5.26. The van der Waals surface area contributed by atoms with E-state index in [4.69, 9.17) is 11.6 Å². The predicted octanol–water partition coefficient (Wildman–Crippen LogP) is 5.56. The van der Waals surface area contributed by atoms with Crippen molar-refractivity contribution in [2.24, 2.45) is 0 Å². The van der Waals surface area contributed by atoms with Crippen LogP contribution in [0.15, 0.2) is 56.7 Å². The smallest absolute Gasteiger partial charge is 0.0435 e. The highest BCUT2D eigenvalue weighted by molar-refractivity contribution is 9.10. The highest BCUT2D eigenvalue weighted by Crippen LogP contribution is 2.30. The fourth-order valence-corrected chi connectivity index (χ4v) is 2.62. The summed E-state index contributed by atoms with van der Waals surface area (Å²) in [7, 11) is 0. The van der Waals surface area contributed by atoms with Crippen molar-refractivity contribution in [2.75, 3.05) is 0 Å². The predicted molar refractivity (Wildman–Crippen MR) is 74.5 cm³/mol. The Hall–Kier alpha value is -0.440. The topological polar surface area (TPSA) is 0 Å². The number of rotatable bonds is 2. The zero-order valence-electron chi connectivity index (χ0n) is 8.71. The molecule has 0 aromatic heterocycles. The first-order chi connectivity index (χ1) is 7.65. The summed E-state index contributed by atoms with van der Waals surface area (Å²) in [4.78, 5) is 2.44. The fourth-order valence-electron chi connectivity index (χ4n) is 1.32. The van der Waals surface area contributed by atoms with Gasteiger partial charge in [-0.3, -0.25) is 0 Å². The van der Waals surface area contributed by atoms with Crippen molar-refractivity contribution in [3.8, 4) is 0 Å². The van der Waals surface area contributed by atoms with Crippen molar-refractivity contribution in [1.82, 2.24) is 0 Å². The third-order valence-corrected chi connectivity index (χ3v) is 4.13. The van der Waals surface area contributed by atoms with E-state index in [1.54, 1.807) is 11.8 Å². The lowest BCUT2D eigenvalue weighted by Gasteiger charge is -2.04. The van der Waals surface area contributed by atoms with Crippen molar-refractivity contribution < 1.29 is 0 Å². The average molecular weight is 314 g/mol. The summed E-state index contributed by atoms with van der Waals surface area (Å²) >= 11 is 11.2. The maximum absolute atomic E-state index is 5.99. The summed E-state index contributed by atoms with van der Waals surface area (Å²) in [6.07, 6.45) is 0. The monoisotopic (exact) mass is 312 g/mol. The Labute approximate surface area is 113 Å². The average Bonchev–Trinajstić information content (AvgIpc) is 2.27. The summed E-state index contributed by atoms with van der Waals surface area (Å²) in [5.74, 6) is 0. The Bertz CT molecular complexity index is 494. The number of halogens is 2. The van der Waals surface area contributed by atoms with Gasteiger partial charge in [-0.05, 0) is 55.0 Å². The van der Waals surface area contributed by atoms with Gasteiger partial charge in [0.15, 0.2) is 0 Å². The van der Waals surface area contributed by atoms with Crippen molar-refractivity contribution in [2.45, 2.75) is 16.7 Å². The summed E-state index contributed by atoms with van der Waals surface area (Å²) in [6.45, 7) is 2.02. The highest BCUT2D eigenvalue weighted by atomic mass is 79.9. The molecule has 0 unspecified atom stereocenters. The number of benzene rings is 2. The molecule has 2 aromatic rings. The van der Waals surface area contributed by atoms with Gasteiger partial charge in [0.1, 0.15) is 0 Å². The second-order valence-electron chi connectivity index (χ2n) is 3.47. The van der Waals surface area contributed by atoms with Crippen LogP contribution in [0.25, 0.3) is 0 Å². The normalized spacial score (nSPS) is 10.4. The number of hydrogen-bond acceptors (Lipinski definition) is 1. The van der Waals surface area contributed by atoms with Crippen molar-refractivity contribution >= 4 is 39.3 Å². The third-order valence-electron chi connectivity index (χ3n) is 2.18. The van der Waals surface area contributed by atoms with E-state index in [2.05, 4.69) is 34.1 Å². The lowest BCUT2D eigenvalue weighted by Crippen LogP contribution is -1.78. The summed E-state index contributed by atoms with van der Waals surface area (Å²) < 4.78 is 1.10. The molecular formula is C13H10BrClS. The van der Waals surface area contributed by atoms with Gasteiger partial charge in [0, 0.05) is 19.3 Å². The summed E-state index contributed by atoms with van der Waals surface area (Å²) in [6, 6.07) is 14.4. The van der Waals surface area contributed by atoms with E-state index in [1.807, 2.05) is 31.2 Å². The molecule has 82 valence electrons. The molecule has 0 saturated heterocycles. The Morgan fingerprint density at radius 1 is 1.00 bits per heavy atom. The van der Waals surface area contributed by atoms with Crippen LogP contribution < -0.4 is 0 Å². The van der Waals surface area contributed by atoms with Crippen LogP contribution in [-0.2, 0) is 0 Å². The minimum atomic E-state index is 0.820. The standard InChI is InChI=1S/C13H10BrClS/c1-9-8-12(6-7-13(9)15)16-11-4-2-10(14)3-5-11/h2-8H,1H3. The Morgan fingerprint density at radius 2 is 1.62 bits per heavy atom. The van der Waals surface area contributed by atoms with E-state index in [1.165, 1.54) is 9.79 Å².